The number of nitrogens with one attached hydrogen (secondary N) is 1. The van der Waals surface area contributed by atoms with Crippen LogP contribution in [0.1, 0.15) is 34.2 Å². The zero-order valence-corrected chi connectivity index (χ0v) is 17.3. The molecule has 0 saturated heterocycles. The molecular formula is C23H25N3O3. The number of rotatable bonds is 6. The molecular weight excluding hydrogens is 366 g/mol. The highest BCUT2D eigenvalue weighted by Crippen LogP contribution is 2.27. The van der Waals surface area contributed by atoms with E-state index in [-0.39, 0.29) is 5.91 Å². The first-order valence-electron chi connectivity index (χ1n) is 9.27. The summed E-state index contributed by atoms with van der Waals surface area (Å²) >= 11 is 0. The summed E-state index contributed by atoms with van der Waals surface area (Å²) in [5.41, 5.74) is 7.62. The number of ether oxygens (including phenoxy) is 2. The van der Waals surface area contributed by atoms with Gasteiger partial charge in [0.1, 0.15) is 0 Å². The number of methoxy groups -OCH3 is 2. The summed E-state index contributed by atoms with van der Waals surface area (Å²) in [6.45, 7) is 5.74. The SMILES string of the molecule is COc1ccc(/C(C)=N\NC(=O)c2cc(C)n(-c3ccccc3)c2C)cc1OC. The Bertz CT molecular complexity index is 1050. The Kier molecular flexibility index (Phi) is 6.02. The van der Waals surface area contributed by atoms with Gasteiger partial charge in [0.2, 0.25) is 0 Å². The summed E-state index contributed by atoms with van der Waals surface area (Å²) < 4.78 is 12.6. The summed E-state index contributed by atoms with van der Waals surface area (Å²) in [5, 5.41) is 4.27. The van der Waals surface area contributed by atoms with Crippen molar-refractivity contribution in [1.82, 2.24) is 9.99 Å². The second-order valence-corrected chi connectivity index (χ2v) is 6.66. The molecule has 29 heavy (non-hydrogen) atoms. The van der Waals surface area contributed by atoms with Crippen molar-refractivity contribution in [3.05, 3.63) is 77.1 Å². The molecule has 0 unspecified atom stereocenters. The van der Waals surface area contributed by atoms with Crippen LogP contribution in [0.4, 0.5) is 0 Å². The van der Waals surface area contributed by atoms with Gasteiger partial charge in [-0.1, -0.05) is 18.2 Å². The number of nitrogens with zero attached hydrogens (tertiary/aromatic N) is 2. The quantitative estimate of drug-likeness (QED) is 0.504. The Balaban J connectivity index is 1.82. The van der Waals surface area contributed by atoms with Crippen molar-refractivity contribution in [2.45, 2.75) is 20.8 Å². The zero-order valence-electron chi connectivity index (χ0n) is 17.3. The highest BCUT2D eigenvalue weighted by Gasteiger charge is 2.16. The molecule has 0 aliphatic heterocycles. The van der Waals surface area contributed by atoms with Gasteiger partial charge >= 0.3 is 0 Å². The molecule has 1 aromatic heterocycles. The molecule has 6 nitrogen and oxygen atoms in total. The van der Waals surface area contributed by atoms with Crippen molar-refractivity contribution in [2.75, 3.05) is 14.2 Å². The lowest BCUT2D eigenvalue weighted by molar-refractivity contribution is 0.0954. The van der Waals surface area contributed by atoms with Gasteiger partial charge in [-0.2, -0.15) is 5.10 Å². The third-order valence-electron chi connectivity index (χ3n) is 4.82. The van der Waals surface area contributed by atoms with Gasteiger partial charge < -0.3 is 14.0 Å². The minimum Gasteiger partial charge on any atom is -0.493 e. The molecule has 2 aromatic carbocycles. The van der Waals surface area contributed by atoms with Crippen LogP contribution in [0.25, 0.3) is 5.69 Å². The first-order valence-corrected chi connectivity index (χ1v) is 9.27. The normalized spacial score (nSPS) is 11.3. The summed E-state index contributed by atoms with van der Waals surface area (Å²) in [4.78, 5) is 12.7. The van der Waals surface area contributed by atoms with Gasteiger partial charge in [-0.05, 0) is 57.2 Å². The van der Waals surface area contributed by atoms with E-state index in [2.05, 4.69) is 15.1 Å². The van der Waals surface area contributed by atoms with E-state index in [1.165, 1.54) is 0 Å². The number of aromatic nitrogens is 1. The summed E-state index contributed by atoms with van der Waals surface area (Å²) in [6, 6.07) is 17.3. The predicted molar refractivity (Wildman–Crippen MR) is 114 cm³/mol. The van der Waals surface area contributed by atoms with Crippen LogP contribution in [0.3, 0.4) is 0 Å². The molecule has 3 rings (SSSR count). The fraction of sp³-hybridized carbons (Fsp3) is 0.217. The average Bonchev–Trinajstić information content (AvgIpc) is 3.05. The minimum atomic E-state index is -0.250. The lowest BCUT2D eigenvalue weighted by Crippen LogP contribution is -2.20. The number of hydrogen-bond donors (Lipinski definition) is 1. The van der Waals surface area contributed by atoms with Crippen LogP contribution in [-0.4, -0.2) is 30.4 Å². The summed E-state index contributed by atoms with van der Waals surface area (Å²) in [6.07, 6.45) is 0. The fourth-order valence-corrected chi connectivity index (χ4v) is 3.29. The Morgan fingerprint density at radius 1 is 0.966 bits per heavy atom. The molecule has 3 aromatic rings. The van der Waals surface area contributed by atoms with Crippen LogP contribution in [0, 0.1) is 13.8 Å². The van der Waals surface area contributed by atoms with Gasteiger partial charge in [0, 0.05) is 22.6 Å². The van der Waals surface area contributed by atoms with Crippen LogP contribution in [0.2, 0.25) is 0 Å². The van der Waals surface area contributed by atoms with E-state index in [0.29, 0.717) is 22.8 Å². The lowest BCUT2D eigenvalue weighted by atomic mass is 10.1. The maximum Gasteiger partial charge on any atom is 0.273 e. The molecule has 0 spiro atoms. The van der Waals surface area contributed by atoms with Gasteiger partial charge in [0.15, 0.2) is 11.5 Å². The Morgan fingerprint density at radius 2 is 1.66 bits per heavy atom. The molecule has 6 heteroatoms. The highest BCUT2D eigenvalue weighted by molar-refractivity contribution is 6.01. The van der Waals surface area contributed by atoms with Gasteiger partial charge in [-0.25, -0.2) is 5.43 Å². The molecule has 1 amide bonds. The van der Waals surface area contributed by atoms with Crippen LogP contribution in [0.5, 0.6) is 11.5 Å². The van der Waals surface area contributed by atoms with Gasteiger partial charge in [-0.15, -0.1) is 0 Å². The molecule has 0 bridgehead atoms. The maximum atomic E-state index is 12.7. The predicted octanol–water partition coefficient (Wildman–Crippen LogP) is 4.27. The second kappa shape index (κ2) is 8.65. The molecule has 0 saturated carbocycles. The van der Waals surface area contributed by atoms with Gasteiger partial charge in [0.05, 0.1) is 25.5 Å². The molecule has 0 radical (unpaired) electrons. The largest absolute Gasteiger partial charge is 0.493 e. The third-order valence-corrected chi connectivity index (χ3v) is 4.82. The van der Waals surface area contributed by atoms with Crippen LogP contribution >= 0.6 is 0 Å². The van der Waals surface area contributed by atoms with Crippen LogP contribution < -0.4 is 14.9 Å². The van der Waals surface area contributed by atoms with Crippen LogP contribution in [0.15, 0.2) is 59.7 Å². The molecule has 0 atom stereocenters. The zero-order chi connectivity index (χ0) is 21.0. The third kappa shape index (κ3) is 4.16. The van der Waals surface area contributed by atoms with E-state index in [4.69, 9.17) is 9.47 Å². The van der Waals surface area contributed by atoms with Crippen molar-refractivity contribution in [3.63, 3.8) is 0 Å². The number of benzene rings is 2. The van der Waals surface area contributed by atoms with Crippen molar-refractivity contribution in [3.8, 4) is 17.2 Å². The Hall–Kier alpha value is -3.54. The van der Waals surface area contributed by atoms with E-state index in [9.17, 15) is 4.79 Å². The molecule has 1 heterocycles. The van der Waals surface area contributed by atoms with Crippen molar-refractivity contribution in [1.29, 1.82) is 0 Å². The van der Waals surface area contributed by atoms with Crippen molar-refractivity contribution < 1.29 is 14.3 Å². The Labute approximate surface area is 170 Å². The lowest BCUT2D eigenvalue weighted by Gasteiger charge is -2.10. The number of hydrazone groups is 1. The Morgan fingerprint density at radius 3 is 2.31 bits per heavy atom. The fourth-order valence-electron chi connectivity index (χ4n) is 3.29. The van der Waals surface area contributed by atoms with E-state index >= 15 is 0 Å². The number of amides is 1. The standard InChI is InChI=1S/C23H25N3O3/c1-15-13-20(17(3)26(15)19-9-7-6-8-10-19)23(27)25-24-16(2)18-11-12-21(28-4)22(14-18)29-5/h6-14H,1-5H3,(H,25,27)/b24-16-. The van der Waals surface area contributed by atoms with Gasteiger partial charge in [0.25, 0.3) is 5.91 Å². The number of aryl methyl sites for hydroxylation is 1. The molecule has 150 valence electrons. The van der Waals surface area contributed by atoms with Crippen molar-refractivity contribution in [2.24, 2.45) is 5.10 Å². The highest BCUT2D eigenvalue weighted by atomic mass is 16.5. The summed E-state index contributed by atoms with van der Waals surface area (Å²) in [7, 11) is 3.17. The number of para-hydroxylation sites is 1. The van der Waals surface area contributed by atoms with E-state index in [1.807, 2.05) is 75.4 Å². The smallest absolute Gasteiger partial charge is 0.273 e. The van der Waals surface area contributed by atoms with Crippen LogP contribution in [-0.2, 0) is 0 Å². The van der Waals surface area contributed by atoms with Crippen molar-refractivity contribution >= 4 is 11.6 Å². The first kappa shape index (κ1) is 20.2. The first-order chi connectivity index (χ1) is 14.0. The second-order valence-electron chi connectivity index (χ2n) is 6.66. The number of carbonyl (C=O) groups excluding carboxylic acids is 1. The minimum absolute atomic E-state index is 0.250. The van der Waals surface area contributed by atoms with E-state index in [0.717, 1.165) is 22.6 Å². The molecule has 0 fully saturated rings. The van der Waals surface area contributed by atoms with E-state index in [1.54, 1.807) is 14.2 Å². The van der Waals surface area contributed by atoms with Gasteiger partial charge in [-0.3, -0.25) is 4.79 Å². The molecule has 1 N–H and O–H groups in total. The van der Waals surface area contributed by atoms with E-state index < -0.39 is 0 Å². The molecule has 0 aliphatic rings. The average molecular weight is 391 g/mol. The summed E-state index contributed by atoms with van der Waals surface area (Å²) in [5.74, 6) is 0.999. The number of hydrogen-bond acceptors (Lipinski definition) is 4. The topological polar surface area (TPSA) is 64.8 Å². The maximum absolute atomic E-state index is 12.7. The number of carbonyl (C=O) groups is 1. The molecule has 0 aliphatic carbocycles. The monoisotopic (exact) mass is 391 g/mol.